The van der Waals surface area contributed by atoms with E-state index in [9.17, 15) is 9.59 Å². The lowest BCUT2D eigenvalue weighted by Crippen LogP contribution is -2.44. The van der Waals surface area contributed by atoms with E-state index >= 15 is 0 Å². The molecule has 1 amide bonds. The Hall–Kier alpha value is -2.44. The van der Waals surface area contributed by atoms with Crippen molar-refractivity contribution < 1.29 is 23.8 Å². The van der Waals surface area contributed by atoms with Gasteiger partial charge in [-0.3, -0.25) is 0 Å². The maximum Gasteiger partial charge on any atom is 0.410 e. The number of nitrogens with zero attached hydrogens (tertiary/aromatic N) is 1. The molecule has 0 bridgehead atoms. The van der Waals surface area contributed by atoms with E-state index in [0.717, 1.165) is 29.8 Å². The minimum atomic E-state index is -0.482. The number of fused-ring (bicyclic) bond motifs is 1. The number of carbonyl (C=O) groups excluding carboxylic acids is 2. The smallest absolute Gasteiger partial charge is 0.410 e. The summed E-state index contributed by atoms with van der Waals surface area (Å²) in [6.45, 7) is 6.84. The van der Waals surface area contributed by atoms with E-state index in [1.54, 1.807) is 4.90 Å². The Labute approximate surface area is 160 Å². The molecule has 1 aromatic rings. The average Bonchev–Trinajstić information content (AvgIpc) is 3.03. The van der Waals surface area contributed by atoms with E-state index in [0.29, 0.717) is 19.5 Å². The predicted molar refractivity (Wildman–Crippen MR) is 101 cm³/mol. The first-order valence-corrected chi connectivity index (χ1v) is 9.37. The van der Waals surface area contributed by atoms with Gasteiger partial charge < -0.3 is 24.4 Å². The first-order chi connectivity index (χ1) is 12.7. The minimum Gasteiger partial charge on any atom is -0.490 e. The van der Waals surface area contributed by atoms with Gasteiger partial charge in [-0.25, -0.2) is 9.59 Å². The fourth-order valence-corrected chi connectivity index (χ4v) is 3.36. The standard InChI is InChI=1S/C20H28N2O5/c1-20(2,3)27-19(24)22-9-7-14(8-10-22)26-15-6-5-13-11-17(18(23)25-4)21-16(13)12-15/h5-6,12,14,17,21H,7-11H2,1-4H3/t17-/m1/s1. The molecule has 2 aliphatic heterocycles. The van der Waals surface area contributed by atoms with Gasteiger partial charge in [0.05, 0.1) is 7.11 Å². The predicted octanol–water partition coefficient (Wildman–Crippen LogP) is 2.97. The van der Waals surface area contributed by atoms with Crippen molar-refractivity contribution in [2.24, 2.45) is 0 Å². The quantitative estimate of drug-likeness (QED) is 0.818. The zero-order chi connectivity index (χ0) is 19.6. The number of carbonyl (C=O) groups is 2. The number of hydrogen-bond donors (Lipinski definition) is 1. The Morgan fingerprint density at radius 3 is 2.52 bits per heavy atom. The van der Waals surface area contributed by atoms with Gasteiger partial charge in [0.25, 0.3) is 0 Å². The molecule has 0 aliphatic carbocycles. The first kappa shape index (κ1) is 19.3. The first-order valence-electron chi connectivity index (χ1n) is 9.37. The molecular weight excluding hydrogens is 348 g/mol. The van der Waals surface area contributed by atoms with Gasteiger partial charge in [0, 0.05) is 44.1 Å². The van der Waals surface area contributed by atoms with Crippen molar-refractivity contribution in [3.05, 3.63) is 23.8 Å². The Morgan fingerprint density at radius 2 is 1.89 bits per heavy atom. The third-order valence-corrected chi connectivity index (χ3v) is 4.72. The van der Waals surface area contributed by atoms with Gasteiger partial charge >= 0.3 is 12.1 Å². The molecule has 0 radical (unpaired) electrons. The van der Waals surface area contributed by atoms with Crippen molar-refractivity contribution >= 4 is 17.7 Å². The normalized spacial score (nSPS) is 19.9. The minimum absolute atomic E-state index is 0.0551. The summed E-state index contributed by atoms with van der Waals surface area (Å²) < 4.78 is 16.3. The van der Waals surface area contributed by atoms with Crippen molar-refractivity contribution in [1.29, 1.82) is 0 Å². The lowest BCUT2D eigenvalue weighted by atomic mass is 10.1. The highest BCUT2D eigenvalue weighted by Gasteiger charge is 2.29. The number of benzene rings is 1. The highest BCUT2D eigenvalue weighted by Crippen LogP contribution is 2.31. The fraction of sp³-hybridized carbons (Fsp3) is 0.600. The van der Waals surface area contributed by atoms with Gasteiger partial charge in [-0.1, -0.05) is 6.07 Å². The number of rotatable bonds is 3. The summed E-state index contributed by atoms with van der Waals surface area (Å²) in [4.78, 5) is 25.6. The number of methoxy groups -OCH3 is 1. The number of piperidine rings is 1. The highest BCUT2D eigenvalue weighted by atomic mass is 16.6. The van der Waals surface area contributed by atoms with Crippen molar-refractivity contribution in [1.82, 2.24) is 4.90 Å². The average molecular weight is 376 g/mol. The molecule has 1 aromatic carbocycles. The largest absolute Gasteiger partial charge is 0.490 e. The molecule has 0 spiro atoms. The van der Waals surface area contributed by atoms with Crippen LogP contribution in [-0.4, -0.2) is 54.9 Å². The maximum atomic E-state index is 12.1. The number of nitrogens with one attached hydrogen (secondary N) is 1. The van der Waals surface area contributed by atoms with E-state index in [-0.39, 0.29) is 24.2 Å². The maximum absolute atomic E-state index is 12.1. The zero-order valence-corrected chi connectivity index (χ0v) is 16.4. The van der Waals surface area contributed by atoms with Gasteiger partial charge in [0.1, 0.15) is 23.5 Å². The van der Waals surface area contributed by atoms with Crippen LogP contribution >= 0.6 is 0 Å². The third kappa shape index (κ3) is 4.84. The van der Waals surface area contributed by atoms with Crippen LogP contribution < -0.4 is 10.1 Å². The summed E-state index contributed by atoms with van der Waals surface area (Å²) >= 11 is 0. The van der Waals surface area contributed by atoms with Crippen LogP contribution in [0.15, 0.2) is 18.2 Å². The van der Waals surface area contributed by atoms with Crippen LogP contribution in [0.3, 0.4) is 0 Å². The second-order valence-corrected chi connectivity index (χ2v) is 8.03. The van der Waals surface area contributed by atoms with Crippen LogP contribution in [0.2, 0.25) is 0 Å². The van der Waals surface area contributed by atoms with Crippen LogP contribution in [-0.2, 0) is 20.7 Å². The molecule has 2 aliphatic rings. The van der Waals surface area contributed by atoms with Crippen molar-refractivity contribution in [2.75, 3.05) is 25.5 Å². The van der Waals surface area contributed by atoms with E-state index in [1.807, 2.05) is 39.0 Å². The van der Waals surface area contributed by atoms with Crippen molar-refractivity contribution in [3.8, 4) is 5.75 Å². The summed E-state index contributed by atoms with van der Waals surface area (Å²) in [7, 11) is 1.39. The Balaban J connectivity index is 1.52. The molecule has 1 fully saturated rings. The monoisotopic (exact) mass is 376 g/mol. The fourth-order valence-electron chi connectivity index (χ4n) is 3.36. The van der Waals surface area contributed by atoms with Gasteiger partial charge in [0.2, 0.25) is 0 Å². The summed E-state index contributed by atoms with van der Waals surface area (Å²) in [5.74, 6) is 0.505. The molecule has 27 heavy (non-hydrogen) atoms. The van der Waals surface area contributed by atoms with Gasteiger partial charge in [-0.15, -0.1) is 0 Å². The van der Waals surface area contributed by atoms with Crippen LogP contribution in [0, 0.1) is 0 Å². The number of likely N-dealkylation sites (tertiary alicyclic amines) is 1. The van der Waals surface area contributed by atoms with Crippen molar-refractivity contribution in [3.63, 3.8) is 0 Å². The summed E-state index contributed by atoms with van der Waals surface area (Å²) in [5.41, 5.74) is 1.51. The van der Waals surface area contributed by atoms with Crippen LogP contribution in [0.1, 0.15) is 39.2 Å². The lowest BCUT2D eigenvalue weighted by molar-refractivity contribution is -0.141. The summed E-state index contributed by atoms with van der Waals surface area (Å²) in [6.07, 6.45) is 1.93. The van der Waals surface area contributed by atoms with E-state index in [4.69, 9.17) is 14.2 Å². The SMILES string of the molecule is COC(=O)[C@H]1Cc2ccc(OC3CCN(C(=O)OC(C)(C)C)CC3)cc2N1. The Morgan fingerprint density at radius 1 is 1.19 bits per heavy atom. The molecule has 0 unspecified atom stereocenters. The summed E-state index contributed by atoms with van der Waals surface area (Å²) in [5, 5.41) is 3.18. The molecule has 0 aromatic heterocycles. The second kappa shape index (κ2) is 7.66. The Bertz CT molecular complexity index is 705. The summed E-state index contributed by atoms with van der Waals surface area (Å²) in [6, 6.07) is 5.51. The topological polar surface area (TPSA) is 77.1 Å². The number of amides is 1. The molecule has 0 saturated carbocycles. The number of hydrogen-bond acceptors (Lipinski definition) is 6. The van der Waals surface area contributed by atoms with Gasteiger partial charge in [-0.2, -0.15) is 0 Å². The molecule has 1 atom stereocenters. The van der Waals surface area contributed by atoms with Gasteiger partial charge in [0.15, 0.2) is 0 Å². The molecule has 7 nitrogen and oxygen atoms in total. The van der Waals surface area contributed by atoms with Gasteiger partial charge in [-0.05, 0) is 32.4 Å². The van der Waals surface area contributed by atoms with Crippen LogP contribution in [0.25, 0.3) is 0 Å². The van der Waals surface area contributed by atoms with E-state index in [1.165, 1.54) is 7.11 Å². The molecule has 148 valence electrons. The molecule has 1 saturated heterocycles. The molecule has 2 heterocycles. The lowest BCUT2D eigenvalue weighted by Gasteiger charge is -2.33. The second-order valence-electron chi connectivity index (χ2n) is 8.03. The number of esters is 1. The number of ether oxygens (including phenoxy) is 3. The molecule has 3 rings (SSSR count). The third-order valence-electron chi connectivity index (χ3n) is 4.72. The van der Waals surface area contributed by atoms with Crippen LogP contribution in [0.4, 0.5) is 10.5 Å². The van der Waals surface area contributed by atoms with Crippen LogP contribution in [0.5, 0.6) is 5.75 Å². The highest BCUT2D eigenvalue weighted by molar-refractivity contribution is 5.83. The van der Waals surface area contributed by atoms with Crippen molar-refractivity contribution in [2.45, 2.75) is 57.8 Å². The molecule has 7 heteroatoms. The molecule has 1 N–H and O–H groups in total. The van der Waals surface area contributed by atoms with E-state index < -0.39 is 5.60 Å². The Kier molecular flexibility index (Phi) is 5.48. The number of anilines is 1. The van der Waals surface area contributed by atoms with E-state index in [2.05, 4.69) is 5.32 Å². The zero-order valence-electron chi connectivity index (χ0n) is 16.4. The molecular formula is C20H28N2O5.